The summed E-state index contributed by atoms with van der Waals surface area (Å²) in [4.78, 5) is 23.8. The molecular weight excluding hydrogens is 397 g/mol. The van der Waals surface area contributed by atoms with Crippen molar-refractivity contribution in [3.05, 3.63) is 71.0 Å². The van der Waals surface area contributed by atoms with Crippen LogP contribution in [0.1, 0.15) is 24.8 Å². The Labute approximate surface area is 170 Å². The van der Waals surface area contributed by atoms with Crippen molar-refractivity contribution < 1.29 is 13.2 Å². The number of nitrogens with one attached hydrogen (secondary N) is 2. The molecule has 0 saturated heterocycles. The Morgan fingerprint density at radius 3 is 2.30 bits per heavy atom. The van der Waals surface area contributed by atoms with Gasteiger partial charge in [-0.1, -0.05) is 6.07 Å². The number of anilines is 2. The number of hydrogen-bond acceptors (Lipinski definition) is 6. The van der Waals surface area contributed by atoms with Gasteiger partial charge in [0.25, 0.3) is 5.56 Å². The summed E-state index contributed by atoms with van der Waals surface area (Å²) in [5, 5.41) is 6.43. The molecule has 2 atom stereocenters. The van der Waals surface area contributed by atoms with E-state index >= 15 is 0 Å². The van der Waals surface area contributed by atoms with Crippen LogP contribution in [0.4, 0.5) is 24.9 Å². The van der Waals surface area contributed by atoms with Gasteiger partial charge in [0.05, 0.1) is 17.4 Å². The summed E-state index contributed by atoms with van der Waals surface area (Å²) in [6.45, 7) is 0. The molecule has 1 saturated carbocycles. The maximum Gasteiger partial charge on any atom is 0.419 e. The largest absolute Gasteiger partial charge is 0.419 e. The van der Waals surface area contributed by atoms with E-state index in [1.807, 2.05) is 12.1 Å². The van der Waals surface area contributed by atoms with E-state index in [0.717, 1.165) is 31.7 Å². The Balaban J connectivity index is 1.33. The van der Waals surface area contributed by atoms with Gasteiger partial charge in [-0.3, -0.25) is 9.36 Å². The zero-order valence-electron chi connectivity index (χ0n) is 15.8. The highest BCUT2D eigenvalue weighted by Crippen LogP contribution is 2.29. The van der Waals surface area contributed by atoms with Gasteiger partial charge < -0.3 is 10.6 Å². The summed E-state index contributed by atoms with van der Waals surface area (Å²) in [6, 6.07) is 8.79. The van der Waals surface area contributed by atoms with Crippen LogP contribution in [-0.2, 0) is 6.18 Å². The fraction of sp³-hybridized carbons (Fsp3) is 0.300. The zero-order valence-corrected chi connectivity index (χ0v) is 15.8. The third-order valence-electron chi connectivity index (χ3n) is 4.95. The van der Waals surface area contributed by atoms with Gasteiger partial charge in [0.1, 0.15) is 5.82 Å². The maximum atomic E-state index is 12.6. The number of aromatic nitrogens is 4. The second-order valence-electron chi connectivity index (χ2n) is 7.10. The lowest BCUT2D eigenvalue weighted by Crippen LogP contribution is -2.22. The summed E-state index contributed by atoms with van der Waals surface area (Å²) in [5.41, 5.74) is -0.321. The molecule has 0 aliphatic heterocycles. The number of nitrogens with zero attached hydrogens (tertiary/aromatic N) is 4. The van der Waals surface area contributed by atoms with Gasteiger partial charge in [0, 0.05) is 36.7 Å². The Hall–Kier alpha value is -3.43. The second-order valence-corrected chi connectivity index (χ2v) is 7.10. The fourth-order valence-electron chi connectivity index (χ4n) is 3.44. The Morgan fingerprint density at radius 2 is 1.67 bits per heavy atom. The predicted molar refractivity (Wildman–Crippen MR) is 106 cm³/mol. The van der Waals surface area contributed by atoms with Crippen LogP contribution in [0.2, 0.25) is 0 Å². The maximum absolute atomic E-state index is 12.6. The van der Waals surface area contributed by atoms with Crippen molar-refractivity contribution in [3.63, 3.8) is 0 Å². The number of rotatable bonds is 5. The van der Waals surface area contributed by atoms with E-state index in [2.05, 4.69) is 25.6 Å². The minimum atomic E-state index is -4.45. The van der Waals surface area contributed by atoms with E-state index in [1.54, 1.807) is 24.5 Å². The van der Waals surface area contributed by atoms with Crippen LogP contribution < -0.4 is 16.2 Å². The van der Waals surface area contributed by atoms with Gasteiger partial charge in [0.2, 0.25) is 5.95 Å². The van der Waals surface area contributed by atoms with Gasteiger partial charge in [-0.2, -0.15) is 13.2 Å². The molecule has 3 aromatic rings. The molecule has 0 aromatic carbocycles. The van der Waals surface area contributed by atoms with Crippen molar-refractivity contribution in [2.24, 2.45) is 0 Å². The van der Waals surface area contributed by atoms with Crippen molar-refractivity contribution in [1.82, 2.24) is 19.5 Å². The molecule has 0 spiro atoms. The fourth-order valence-corrected chi connectivity index (χ4v) is 3.44. The molecule has 1 aliphatic carbocycles. The highest BCUT2D eigenvalue weighted by Gasteiger charge is 2.31. The summed E-state index contributed by atoms with van der Waals surface area (Å²) < 4.78 is 39.3. The van der Waals surface area contributed by atoms with Crippen LogP contribution in [0.3, 0.4) is 0 Å². The van der Waals surface area contributed by atoms with Gasteiger partial charge >= 0.3 is 6.18 Å². The van der Waals surface area contributed by atoms with Crippen molar-refractivity contribution >= 4 is 11.8 Å². The van der Waals surface area contributed by atoms with Gasteiger partial charge in [-0.05, 0) is 37.5 Å². The first-order chi connectivity index (χ1) is 14.4. The predicted octanol–water partition coefficient (Wildman–Crippen LogP) is 3.49. The molecule has 0 radical (unpaired) electrons. The molecule has 4 rings (SSSR count). The minimum absolute atomic E-state index is 0.0569. The van der Waals surface area contributed by atoms with Gasteiger partial charge in [-0.25, -0.2) is 15.0 Å². The first kappa shape index (κ1) is 19.9. The molecule has 0 amide bonds. The first-order valence-electron chi connectivity index (χ1n) is 9.45. The van der Waals surface area contributed by atoms with E-state index in [0.29, 0.717) is 11.5 Å². The van der Waals surface area contributed by atoms with Crippen molar-refractivity contribution in [2.75, 3.05) is 10.6 Å². The Kier molecular flexibility index (Phi) is 5.39. The molecule has 0 unspecified atom stereocenters. The second kappa shape index (κ2) is 8.13. The van der Waals surface area contributed by atoms with Crippen LogP contribution in [-0.4, -0.2) is 31.6 Å². The van der Waals surface area contributed by atoms with Crippen molar-refractivity contribution in [3.8, 4) is 5.69 Å². The topological polar surface area (TPSA) is 84.7 Å². The molecule has 3 aromatic heterocycles. The Morgan fingerprint density at radius 1 is 0.933 bits per heavy atom. The van der Waals surface area contributed by atoms with Crippen LogP contribution >= 0.6 is 0 Å². The summed E-state index contributed by atoms with van der Waals surface area (Å²) in [6.07, 6.45) is 2.89. The van der Waals surface area contributed by atoms with Gasteiger partial charge in [0.15, 0.2) is 0 Å². The summed E-state index contributed by atoms with van der Waals surface area (Å²) in [5.74, 6) is 0.878. The van der Waals surface area contributed by atoms with Crippen LogP contribution in [0.25, 0.3) is 5.69 Å². The molecular formula is C20H19F3N6O. The molecule has 1 fully saturated rings. The monoisotopic (exact) mass is 416 g/mol. The molecule has 0 bridgehead atoms. The SMILES string of the molecule is O=c1ccccn1-c1ccc(N[C@H]2CC[C@H](Nc3ncc(C(F)(F)F)cn3)C2)nc1. The van der Waals surface area contributed by atoms with E-state index < -0.39 is 11.7 Å². The molecule has 7 nitrogen and oxygen atoms in total. The first-order valence-corrected chi connectivity index (χ1v) is 9.45. The quantitative estimate of drug-likeness (QED) is 0.663. The van der Waals surface area contributed by atoms with Crippen molar-refractivity contribution in [2.45, 2.75) is 37.5 Å². The Bertz CT molecular complexity index is 1050. The highest BCUT2D eigenvalue weighted by molar-refractivity contribution is 5.42. The molecule has 1 aliphatic rings. The highest BCUT2D eigenvalue weighted by atomic mass is 19.4. The lowest BCUT2D eigenvalue weighted by Gasteiger charge is -2.15. The average Bonchev–Trinajstić information content (AvgIpc) is 3.15. The van der Waals surface area contributed by atoms with E-state index in [4.69, 9.17) is 0 Å². The molecule has 30 heavy (non-hydrogen) atoms. The standard InChI is InChI=1S/C20H19F3N6O/c21-20(22,23)13-10-25-19(26-11-13)28-15-5-4-14(9-15)27-17-7-6-16(12-24-17)29-8-2-1-3-18(29)30/h1-3,6-8,10-12,14-15H,4-5,9H2,(H,24,27)(H,25,26,28)/t14-,15-/m0/s1. The van der Waals surface area contributed by atoms with Gasteiger partial charge in [-0.15, -0.1) is 0 Å². The molecule has 2 N–H and O–H groups in total. The normalized spacial score (nSPS) is 18.9. The molecule has 3 heterocycles. The lowest BCUT2D eigenvalue weighted by molar-refractivity contribution is -0.138. The number of hydrogen-bond donors (Lipinski definition) is 2. The smallest absolute Gasteiger partial charge is 0.367 e. The minimum Gasteiger partial charge on any atom is -0.367 e. The summed E-state index contributed by atoms with van der Waals surface area (Å²) in [7, 11) is 0. The third kappa shape index (κ3) is 4.58. The average molecular weight is 416 g/mol. The van der Waals surface area contributed by atoms with E-state index in [9.17, 15) is 18.0 Å². The van der Waals surface area contributed by atoms with E-state index in [-0.39, 0.29) is 23.6 Å². The zero-order chi connectivity index (χ0) is 21.1. The number of pyridine rings is 2. The van der Waals surface area contributed by atoms with Crippen molar-refractivity contribution in [1.29, 1.82) is 0 Å². The summed E-state index contributed by atoms with van der Waals surface area (Å²) >= 11 is 0. The number of halogens is 3. The third-order valence-corrected chi connectivity index (χ3v) is 4.95. The van der Waals surface area contributed by atoms with Crippen LogP contribution in [0.15, 0.2) is 59.9 Å². The number of alkyl halides is 3. The van der Waals surface area contributed by atoms with Crippen LogP contribution in [0, 0.1) is 0 Å². The lowest BCUT2D eigenvalue weighted by atomic mass is 10.2. The molecule has 10 heteroatoms. The van der Waals surface area contributed by atoms with Crippen LogP contribution in [0.5, 0.6) is 0 Å². The van der Waals surface area contributed by atoms with E-state index in [1.165, 1.54) is 10.6 Å². The molecule has 156 valence electrons.